The number of H-pyrrole nitrogens is 1. The van der Waals surface area contributed by atoms with Gasteiger partial charge in [0.1, 0.15) is 0 Å². The van der Waals surface area contributed by atoms with E-state index in [0.29, 0.717) is 13.0 Å². The highest BCUT2D eigenvalue weighted by atomic mass is 16.7. The maximum absolute atomic E-state index is 12.4. The lowest BCUT2D eigenvalue weighted by atomic mass is 10.1. The maximum Gasteiger partial charge on any atom is 0.326 e. The van der Waals surface area contributed by atoms with Crippen molar-refractivity contribution >= 4 is 11.0 Å². The SMILES string of the molecule is COC(Cc1cccc2c1[nH]c(=O)n2Cc1ccccc1)OC. The van der Waals surface area contributed by atoms with Gasteiger partial charge in [0.05, 0.1) is 17.6 Å². The van der Waals surface area contributed by atoms with Crippen molar-refractivity contribution in [1.29, 1.82) is 0 Å². The van der Waals surface area contributed by atoms with Gasteiger partial charge in [-0.25, -0.2) is 4.79 Å². The number of imidazole rings is 1. The van der Waals surface area contributed by atoms with Crippen molar-refractivity contribution < 1.29 is 9.47 Å². The topological polar surface area (TPSA) is 56.2 Å². The van der Waals surface area contributed by atoms with E-state index in [1.165, 1.54) is 0 Å². The Labute approximate surface area is 134 Å². The first-order valence-electron chi connectivity index (χ1n) is 7.53. The molecule has 0 spiro atoms. The molecule has 0 aliphatic heterocycles. The minimum Gasteiger partial charge on any atom is -0.356 e. The van der Waals surface area contributed by atoms with Gasteiger partial charge < -0.3 is 14.5 Å². The Morgan fingerprint density at radius 2 is 1.78 bits per heavy atom. The fourth-order valence-corrected chi connectivity index (χ4v) is 2.78. The van der Waals surface area contributed by atoms with Crippen LogP contribution < -0.4 is 5.69 Å². The number of nitrogens with one attached hydrogen (secondary N) is 1. The lowest BCUT2D eigenvalue weighted by Crippen LogP contribution is -2.17. The monoisotopic (exact) mass is 312 g/mol. The zero-order valence-electron chi connectivity index (χ0n) is 13.3. The number of hydrogen-bond acceptors (Lipinski definition) is 3. The normalized spacial score (nSPS) is 11.4. The number of aromatic nitrogens is 2. The smallest absolute Gasteiger partial charge is 0.326 e. The zero-order valence-corrected chi connectivity index (χ0v) is 13.3. The fraction of sp³-hybridized carbons (Fsp3) is 0.278. The second-order valence-corrected chi connectivity index (χ2v) is 5.42. The molecule has 5 nitrogen and oxygen atoms in total. The molecule has 0 fully saturated rings. The van der Waals surface area contributed by atoms with Crippen molar-refractivity contribution in [2.45, 2.75) is 19.3 Å². The number of benzene rings is 2. The number of fused-ring (bicyclic) bond motifs is 1. The quantitative estimate of drug-likeness (QED) is 0.712. The van der Waals surface area contributed by atoms with Gasteiger partial charge in [-0.05, 0) is 17.2 Å². The molecule has 0 amide bonds. The molecule has 1 aromatic heterocycles. The molecule has 2 aromatic carbocycles. The predicted molar refractivity (Wildman–Crippen MR) is 89.6 cm³/mol. The molecule has 0 atom stereocenters. The number of nitrogens with zero attached hydrogens (tertiary/aromatic N) is 1. The van der Waals surface area contributed by atoms with Gasteiger partial charge in [0.2, 0.25) is 0 Å². The highest BCUT2D eigenvalue weighted by Gasteiger charge is 2.14. The number of ether oxygens (including phenoxy) is 2. The summed E-state index contributed by atoms with van der Waals surface area (Å²) in [5.74, 6) is 0. The Morgan fingerprint density at radius 1 is 1.04 bits per heavy atom. The van der Waals surface area contributed by atoms with E-state index >= 15 is 0 Å². The Morgan fingerprint density at radius 3 is 2.48 bits per heavy atom. The van der Waals surface area contributed by atoms with Crippen LogP contribution in [0.4, 0.5) is 0 Å². The molecular formula is C18H20N2O3. The third-order valence-electron chi connectivity index (χ3n) is 3.99. The van der Waals surface area contributed by atoms with E-state index in [1.54, 1.807) is 18.8 Å². The molecule has 0 radical (unpaired) electrons. The molecule has 120 valence electrons. The number of methoxy groups -OCH3 is 2. The Kier molecular flexibility index (Phi) is 4.60. The van der Waals surface area contributed by atoms with Crippen LogP contribution in [-0.2, 0) is 22.4 Å². The molecule has 0 unspecified atom stereocenters. The summed E-state index contributed by atoms with van der Waals surface area (Å²) >= 11 is 0. The van der Waals surface area contributed by atoms with Crippen LogP contribution in [0.15, 0.2) is 53.3 Å². The number of aromatic amines is 1. The highest BCUT2D eigenvalue weighted by Crippen LogP contribution is 2.19. The van der Waals surface area contributed by atoms with Gasteiger partial charge in [-0.1, -0.05) is 42.5 Å². The second kappa shape index (κ2) is 6.81. The predicted octanol–water partition coefficient (Wildman–Crippen LogP) is 2.54. The molecule has 3 rings (SSSR count). The standard InChI is InChI=1S/C18H20N2O3/c1-22-16(23-2)11-14-9-6-10-15-17(14)19-18(21)20(15)12-13-7-4-3-5-8-13/h3-10,16H,11-12H2,1-2H3,(H,19,21). The fourth-order valence-electron chi connectivity index (χ4n) is 2.78. The van der Waals surface area contributed by atoms with Crippen LogP contribution in [0, 0.1) is 0 Å². The molecule has 1 N–H and O–H groups in total. The van der Waals surface area contributed by atoms with Crippen LogP contribution in [0.1, 0.15) is 11.1 Å². The molecule has 0 bridgehead atoms. The molecule has 0 saturated carbocycles. The van der Waals surface area contributed by atoms with Gasteiger partial charge in [-0.15, -0.1) is 0 Å². The molecule has 0 aliphatic carbocycles. The summed E-state index contributed by atoms with van der Waals surface area (Å²) in [6.45, 7) is 0.543. The van der Waals surface area contributed by atoms with Crippen LogP contribution in [0.2, 0.25) is 0 Å². The first-order valence-corrected chi connectivity index (χ1v) is 7.53. The second-order valence-electron chi connectivity index (χ2n) is 5.42. The average Bonchev–Trinajstić information content (AvgIpc) is 2.90. The van der Waals surface area contributed by atoms with E-state index in [4.69, 9.17) is 9.47 Å². The average molecular weight is 312 g/mol. The third kappa shape index (κ3) is 3.21. The lowest BCUT2D eigenvalue weighted by molar-refractivity contribution is -0.100. The van der Waals surface area contributed by atoms with Gasteiger partial charge in [0.25, 0.3) is 0 Å². The Bertz CT molecular complexity index is 832. The van der Waals surface area contributed by atoms with E-state index in [0.717, 1.165) is 22.2 Å². The molecule has 0 aliphatic rings. The van der Waals surface area contributed by atoms with Gasteiger partial charge in [0.15, 0.2) is 6.29 Å². The zero-order chi connectivity index (χ0) is 16.2. The third-order valence-corrected chi connectivity index (χ3v) is 3.99. The van der Waals surface area contributed by atoms with Crippen LogP contribution in [0.5, 0.6) is 0 Å². The highest BCUT2D eigenvalue weighted by molar-refractivity contribution is 5.79. The van der Waals surface area contributed by atoms with Gasteiger partial charge in [0, 0.05) is 20.6 Å². The largest absolute Gasteiger partial charge is 0.356 e. The van der Waals surface area contributed by atoms with Gasteiger partial charge in [-0.2, -0.15) is 0 Å². The summed E-state index contributed by atoms with van der Waals surface area (Å²) in [4.78, 5) is 15.3. The lowest BCUT2D eigenvalue weighted by Gasteiger charge is -2.13. The van der Waals surface area contributed by atoms with E-state index in [-0.39, 0.29) is 12.0 Å². The van der Waals surface area contributed by atoms with Crippen molar-refractivity contribution in [1.82, 2.24) is 9.55 Å². The Balaban J connectivity index is 2.01. The summed E-state index contributed by atoms with van der Waals surface area (Å²) < 4.78 is 12.3. The first-order chi connectivity index (χ1) is 11.2. The molecule has 1 heterocycles. The van der Waals surface area contributed by atoms with E-state index in [1.807, 2.05) is 48.5 Å². The number of para-hydroxylation sites is 1. The minimum absolute atomic E-state index is 0.109. The number of rotatable bonds is 6. The minimum atomic E-state index is -0.332. The van der Waals surface area contributed by atoms with Crippen LogP contribution >= 0.6 is 0 Å². The van der Waals surface area contributed by atoms with Crippen LogP contribution in [0.25, 0.3) is 11.0 Å². The van der Waals surface area contributed by atoms with Gasteiger partial charge in [-0.3, -0.25) is 4.57 Å². The summed E-state index contributed by atoms with van der Waals surface area (Å²) in [6, 6.07) is 15.8. The molecular weight excluding hydrogens is 292 g/mol. The van der Waals surface area contributed by atoms with E-state index in [9.17, 15) is 4.79 Å². The molecule has 23 heavy (non-hydrogen) atoms. The molecule has 0 saturated heterocycles. The van der Waals surface area contributed by atoms with Crippen molar-refractivity contribution in [2.75, 3.05) is 14.2 Å². The van der Waals surface area contributed by atoms with Crippen LogP contribution in [0.3, 0.4) is 0 Å². The van der Waals surface area contributed by atoms with Crippen molar-refractivity contribution in [3.63, 3.8) is 0 Å². The van der Waals surface area contributed by atoms with Crippen molar-refractivity contribution in [3.05, 3.63) is 70.1 Å². The summed E-state index contributed by atoms with van der Waals surface area (Å²) in [6.07, 6.45) is 0.247. The van der Waals surface area contributed by atoms with E-state index < -0.39 is 0 Å². The van der Waals surface area contributed by atoms with Crippen molar-refractivity contribution in [3.8, 4) is 0 Å². The van der Waals surface area contributed by atoms with Crippen molar-refractivity contribution in [2.24, 2.45) is 0 Å². The Hall–Kier alpha value is -2.37. The molecule has 3 aromatic rings. The van der Waals surface area contributed by atoms with E-state index in [2.05, 4.69) is 4.98 Å². The molecule has 5 heteroatoms. The van der Waals surface area contributed by atoms with Gasteiger partial charge >= 0.3 is 5.69 Å². The first kappa shape index (κ1) is 15.5. The number of hydrogen-bond donors (Lipinski definition) is 1. The summed E-state index contributed by atoms with van der Waals surface area (Å²) in [5.41, 5.74) is 3.71. The summed E-state index contributed by atoms with van der Waals surface area (Å²) in [5, 5.41) is 0. The summed E-state index contributed by atoms with van der Waals surface area (Å²) in [7, 11) is 3.22. The maximum atomic E-state index is 12.4. The van der Waals surface area contributed by atoms with Crippen LogP contribution in [-0.4, -0.2) is 30.1 Å².